The zero-order valence-electron chi connectivity index (χ0n) is 17.2. The molecule has 154 valence electrons. The van der Waals surface area contributed by atoms with Crippen LogP contribution in [-0.4, -0.2) is 24.6 Å². The average molecular weight is 399 g/mol. The number of carbonyl (C=O) groups excluding carboxylic acids is 1. The number of benzene rings is 2. The van der Waals surface area contributed by atoms with Gasteiger partial charge in [0.05, 0.1) is 12.0 Å². The predicted octanol–water partition coefficient (Wildman–Crippen LogP) is 4.53. The summed E-state index contributed by atoms with van der Waals surface area (Å²) in [6.07, 6.45) is 2.14. The Morgan fingerprint density at radius 1 is 1.10 bits per heavy atom. The first-order valence-corrected chi connectivity index (χ1v) is 9.04. The van der Waals surface area contributed by atoms with Crippen molar-refractivity contribution in [2.75, 3.05) is 13.7 Å². The number of nitrogens with zero attached hydrogens (tertiary/aromatic N) is 1. The molecule has 0 aromatic heterocycles. The third-order valence-corrected chi connectivity index (χ3v) is 4.09. The number of rotatable bonds is 7. The fourth-order valence-corrected chi connectivity index (χ4v) is 2.66. The molecule has 0 fully saturated rings. The van der Waals surface area contributed by atoms with Crippen molar-refractivity contribution in [3.63, 3.8) is 0 Å². The number of methoxy groups -OCH3 is 1. The number of hydrogen-bond acceptors (Lipinski definition) is 6. The van der Waals surface area contributed by atoms with Crippen LogP contribution in [0.3, 0.4) is 0 Å². The molecule has 0 radical (unpaired) electrons. The molecule has 0 aliphatic carbocycles. The third-order valence-electron chi connectivity index (χ3n) is 4.09. The molecule has 0 heterocycles. The number of carbonyl (C=O) groups is 1. The quantitative estimate of drug-likeness (QED) is 0.294. The molecule has 0 unspecified atom stereocenters. The SMILES string of the molecule is COc1cc(/C=C/[N+](=O)[O-])ccc1OC(=O)COc1ccc(C)cc1C(C)(C)C. The first-order valence-electron chi connectivity index (χ1n) is 9.04. The molecule has 2 aromatic rings. The minimum Gasteiger partial charge on any atom is -0.493 e. The first-order chi connectivity index (χ1) is 13.6. The van der Waals surface area contributed by atoms with E-state index in [4.69, 9.17) is 14.2 Å². The van der Waals surface area contributed by atoms with E-state index in [-0.39, 0.29) is 23.5 Å². The fourth-order valence-electron chi connectivity index (χ4n) is 2.66. The zero-order chi connectivity index (χ0) is 21.6. The van der Waals surface area contributed by atoms with Crippen LogP contribution in [-0.2, 0) is 10.2 Å². The van der Waals surface area contributed by atoms with E-state index in [0.29, 0.717) is 11.3 Å². The highest BCUT2D eigenvalue weighted by molar-refractivity contribution is 5.75. The van der Waals surface area contributed by atoms with Gasteiger partial charge in [-0.05, 0) is 41.7 Å². The van der Waals surface area contributed by atoms with Crippen LogP contribution >= 0.6 is 0 Å². The molecular formula is C22H25NO6. The van der Waals surface area contributed by atoms with E-state index in [1.54, 1.807) is 12.1 Å². The van der Waals surface area contributed by atoms with E-state index in [0.717, 1.165) is 17.3 Å². The van der Waals surface area contributed by atoms with Crippen LogP contribution in [0.5, 0.6) is 17.2 Å². The predicted molar refractivity (Wildman–Crippen MR) is 110 cm³/mol. The summed E-state index contributed by atoms with van der Waals surface area (Å²) in [5, 5.41) is 10.4. The molecule has 2 rings (SSSR count). The normalized spacial score (nSPS) is 11.3. The Morgan fingerprint density at radius 3 is 2.41 bits per heavy atom. The average Bonchev–Trinajstić information content (AvgIpc) is 2.65. The molecule has 0 N–H and O–H groups in total. The lowest BCUT2D eigenvalue weighted by molar-refractivity contribution is -0.400. The van der Waals surface area contributed by atoms with Gasteiger partial charge >= 0.3 is 5.97 Å². The number of nitro groups is 1. The lowest BCUT2D eigenvalue weighted by Gasteiger charge is -2.23. The Hall–Kier alpha value is -3.35. The smallest absolute Gasteiger partial charge is 0.349 e. The van der Waals surface area contributed by atoms with E-state index in [1.165, 1.54) is 19.3 Å². The Morgan fingerprint density at radius 2 is 1.79 bits per heavy atom. The minimum atomic E-state index is -0.586. The Balaban J connectivity index is 2.09. The van der Waals surface area contributed by atoms with Gasteiger partial charge in [-0.3, -0.25) is 10.1 Å². The highest BCUT2D eigenvalue weighted by atomic mass is 16.6. The molecule has 0 atom stereocenters. The van der Waals surface area contributed by atoms with Gasteiger partial charge in [0.1, 0.15) is 5.75 Å². The molecule has 2 aromatic carbocycles. The van der Waals surface area contributed by atoms with Crippen LogP contribution in [0.15, 0.2) is 42.6 Å². The van der Waals surface area contributed by atoms with Gasteiger partial charge in [-0.2, -0.15) is 0 Å². The number of esters is 1. The summed E-state index contributed by atoms with van der Waals surface area (Å²) >= 11 is 0. The van der Waals surface area contributed by atoms with E-state index in [1.807, 2.05) is 25.1 Å². The summed E-state index contributed by atoms with van der Waals surface area (Å²) in [4.78, 5) is 22.2. The number of ether oxygens (including phenoxy) is 3. The highest BCUT2D eigenvalue weighted by Crippen LogP contribution is 2.32. The summed E-state index contributed by atoms with van der Waals surface area (Å²) in [6.45, 7) is 7.97. The molecule has 0 aliphatic rings. The number of hydrogen-bond donors (Lipinski definition) is 0. The summed E-state index contributed by atoms with van der Waals surface area (Å²) in [5.41, 5.74) is 2.52. The second-order valence-electron chi connectivity index (χ2n) is 7.52. The molecule has 0 spiro atoms. The van der Waals surface area contributed by atoms with Crippen molar-refractivity contribution >= 4 is 12.0 Å². The highest BCUT2D eigenvalue weighted by Gasteiger charge is 2.20. The van der Waals surface area contributed by atoms with Crippen molar-refractivity contribution in [2.24, 2.45) is 0 Å². The van der Waals surface area contributed by atoms with E-state index in [9.17, 15) is 14.9 Å². The maximum absolute atomic E-state index is 12.3. The van der Waals surface area contributed by atoms with Gasteiger partial charge in [-0.1, -0.05) is 44.5 Å². The van der Waals surface area contributed by atoms with Crippen molar-refractivity contribution in [1.29, 1.82) is 0 Å². The van der Waals surface area contributed by atoms with E-state index >= 15 is 0 Å². The molecule has 7 nitrogen and oxygen atoms in total. The van der Waals surface area contributed by atoms with Crippen molar-refractivity contribution in [1.82, 2.24) is 0 Å². The summed E-state index contributed by atoms with van der Waals surface area (Å²) in [6, 6.07) is 10.5. The fraction of sp³-hybridized carbons (Fsp3) is 0.318. The topological polar surface area (TPSA) is 87.9 Å². The van der Waals surface area contributed by atoms with Gasteiger partial charge in [0, 0.05) is 6.08 Å². The Labute approximate surface area is 170 Å². The maximum Gasteiger partial charge on any atom is 0.349 e. The lowest BCUT2D eigenvalue weighted by atomic mass is 9.85. The Bertz CT molecular complexity index is 927. The largest absolute Gasteiger partial charge is 0.493 e. The zero-order valence-corrected chi connectivity index (χ0v) is 17.2. The monoisotopic (exact) mass is 399 g/mol. The second-order valence-corrected chi connectivity index (χ2v) is 7.52. The maximum atomic E-state index is 12.3. The molecule has 7 heteroatoms. The van der Waals surface area contributed by atoms with Crippen LogP contribution in [0.1, 0.15) is 37.5 Å². The molecule has 0 saturated carbocycles. The Kier molecular flexibility index (Phi) is 6.98. The minimum absolute atomic E-state index is 0.137. The van der Waals surface area contributed by atoms with Gasteiger partial charge < -0.3 is 14.2 Å². The van der Waals surface area contributed by atoms with Crippen LogP contribution in [0.2, 0.25) is 0 Å². The lowest BCUT2D eigenvalue weighted by Crippen LogP contribution is -2.20. The summed E-state index contributed by atoms with van der Waals surface area (Å²) < 4.78 is 16.3. The summed E-state index contributed by atoms with van der Waals surface area (Å²) in [7, 11) is 1.42. The van der Waals surface area contributed by atoms with Gasteiger partial charge in [0.2, 0.25) is 6.20 Å². The van der Waals surface area contributed by atoms with Gasteiger partial charge in [-0.15, -0.1) is 0 Å². The van der Waals surface area contributed by atoms with Crippen molar-refractivity contribution in [3.8, 4) is 17.2 Å². The molecule has 0 bridgehead atoms. The van der Waals surface area contributed by atoms with E-state index in [2.05, 4.69) is 20.8 Å². The molecule has 29 heavy (non-hydrogen) atoms. The van der Waals surface area contributed by atoms with Crippen LogP contribution in [0.4, 0.5) is 0 Å². The number of aryl methyl sites for hydroxylation is 1. The summed E-state index contributed by atoms with van der Waals surface area (Å²) in [5.74, 6) is 0.540. The third kappa shape index (κ3) is 6.34. The molecule has 0 amide bonds. The van der Waals surface area contributed by atoms with Crippen LogP contribution in [0.25, 0.3) is 6.08 Å². The van der Waals surface area contributed by atoms with Gasteiger partial charge in [0.15, 0.2) is 18.1 Å². The standard InChI is InChI=1S/C22H25NO6/c1-15-6-8-18(17(12-15)22(2,3)4)28-14-21(24)29-19-9-7-16(10-11-23(25)26)13-20(19)27-5/h6-13H,14H2,1-5H3/b11-10+. The second kappa shape index (κ2) is 9.23. The molecule has 0 aliphatic heterocycles. The molecular weight excluding hydrogens is 374 g/mol. The van der Waals surface area contributed by atoms with Crippen molar-refractivity contribution in [2.45, 2.75) is 33.1 Å². The van der Waals surface area contributed by atoms with Crippen LogP contribution < -0.4 is 14.2 Å². The molecule has 0 saturated heterocycles. The van der Waals surface area contributed by atoms with Crippen molar-refractivity contribution in [3.05, 3.63) is 69.4 Å². The first kappa shape index (κ1) is 21.9. The van der Waals surface area contributed by atoms with Gasteiger partial charge in [0.25, 0.3) is 0 Å². The van der Waals surface area contributed by atoms with Crippen LogP contribution in [0, 0.1) is 17.0 Å². The van der Waals surface area contributed by atoms with Gasteiger partial charge in [-0.25, -0.2) is 4.79 Å². The van der Waals surface area contributed by atoms with Crippen molar-refractivity contribution < 1.29 is 23.9 Å². The van der Waals surface area contributed by atoms with E-state index < -0.39 is 10.9 Å².